The third-order valence-corrected chi connectivity index (χ3v) is 5.10. The normalized spacial score (nSPS) is 15.0. The molecule has 1 saturated carbocycles. The lowest BCUT2D eigenvalue weighted by molar-refractivity contribution is 0.330. The lowest BCUT2D eigenvalue weighted by atomic mass is 9.95. The highest BCUT2D eigenvalue weighted by molar-refractivity contribution is 5.52. The number of rotatable bonds is 5. The number of nitrogens with one attached hydrogen (secondary N) is 1. The molecule has 0 atom stereocenters. The molecule has 1 aliphatic carbocycles. The van der Waals surface area contributed by atoms with Crippen LogP contribution in [0.25, 0.3) is 11.4 Å². The molecule has 0 spiro atoms. The summed E-state index contributed by atoms with van der Waals surface area (Å²) < 4.78 is 7.39. The average Bonchev–Trinajstić information content (AvgIpc) is 3.13. The molecule has 1 N–H and O–H groups in total. The number of H-pyrrole nitrogens is 1. The van der Waals surface area contributed by atoms with E-state index in [4.69, 9.17) is 14.8 Å². The van der Waals surface area contributed by atoms with Crippen molar-refractivity contribution in [3.05, 3.63) is 58.5 Å². The Labute approximate surface area is 157 Å². The van der Waals surface area contributed by atoms with Gasteiger partial charge in [0.15, 0.2) is 11.6 Å². The van der Waals surface area contributed by atoms with Crippen LogP contribution < -0.4 is 10.3 Å². The molecule has 0 bridgehead atoms. The first-order chi connectivity index (χ1) is 13.3. The maximum Gasteiger partial charge on any atom is 0.261 e. The van der Waals surface area contributed by atoms with Crippen LogP contribution in [-0.2, 0) is 6.42 Å². The molecule has 27 heavy (non-hydrogen) atoms. The fourth-order valence-corrected chi connectivity index (χ4v) is 3.73. The van der Waals surface area contributed by atoms with E-state index in [9.17, 15) is 4.79 Å². The van der Waals surface area contributed by atoms with Crippen molar-refractivity contribution < 1.29 is 4.74 Å². The summed E-state index contributed by atoms with van der Waals surface area (Å²) >= 11 is 0. The Balaban J connectivity index is 1.75. The van der Waals surface area contributed by atoms with Gasteiger partial charge >= 0.3 is 0 Å². The zero-order valence-corrected chi connectivity index (χ0v) is 15.4. The first-order valence-electron chi connectivity index (χ1n) is 9.36. The fourth-order valence-electron chi connectivity index (χ4n) is 3.73. The van der Waals surface area contributed by atoms with Crippen LogP contribution in [0.2, 0.25) is 0 Å². The first-order valence-corrected chi connectivity index (χ1v) is 9.36. The van der Waals surface area contributed by atoms with Crippen molar-refractivity contribution >= 4 is 0 Å². The molecule has 1 fully saturated rings. The highest BCUT2D eigenvalue weighted by Crippen LogP contribution is 2.31. The summed E-state index contributed by atoms with van der Waals surface area (Å²) in [6, 6.07) is 8.13. The second-order valence-corrected chi connectivity index (χ2v) is 6.87. The predicted molar refractivity (Wildman–Crippen MR) is 102 cm³/mol. The van der Waals surface area contributed by atoms with E-state index in [2.05, 4.69) is 9.97 Å². The van der Waals surface area contributed by atoms with Crippen LogP contribution in [0.3, 0.4) is 0 Å². The van der Waals surface area contributed by atoms with E-state index in [0.717, 1.165) is 24.2 Å². The van der Waals surface area contributed by atoms with Crippen molar-refractivity contribution in [2.75, 3.05) is 7.11 Å². The van der Waals surface area contributed by atoms with Crippen LogP contribution in [-0.4, -0.2) is 31.8 Å². The number of aromatic nitrogens is 5. The minimum Gasteiger partial charge on any atom is -0.496 e. The second-order valence-electron chi connectivity index (χ2n) is 6.87. The Morgan fingerprint density at radius 1 is 1.22 bits per heavy atom. The van der Waals surface area contributed by atoms with Gasteiger partial charge in [-0.1, -0.05) is 37.5 Å². The van der Waals surface area contributed by atoms with E-state index in [0.29, 0.717) is 23.6 Å². The Bertz CT molecular complexity index is 972. The SMILES string of the molecule is COc1ccccc1Cc1nc(-c2cnc[nH]c2=O)n(C2CCCCC2)n1. The van der Waals surface area contributed by atoms with Crippen molar-refractivity contribution in [1.29, 1.82) is 0 Å². The quantitative estimate of drug-likeness (QED) is 0.751. The Hall–Kier alpha value is -2.96. The standard InChI is InChI=1S/C20H23N5O2/c1-27-17-10-6-5-7-14(17)11-18-23-19(16-12-21-13-22-20(16)26)25(24-18)15-8-3-2-4-9-15/h5-7,10,12-13,15H,2-4,8-9,11H2,1H3,(H,21,22,26). The van der Waals surface area contributed by atoms with Crippen LogP contribution >= 0.6 is 0 Å². The molecule has 1 aliphatic rings. The van der Waals surface area contributed by atoms with Crippen molar-refractivity contribution in [1.82, 2.24) is 24.7 Å². The van der Waals surface area contributed by atoms with E-state index in [-0.39, 0.29) is 11.6 Å². The molecule has 7 heteroatoms. The number of hydrogen-bond donors (Lipinski definition) is 1. The first kappa shape index (κ1) is 17.5. The van der Waals surface area contributed by atoms with Gasteiger partial charge in [-0.25, -0.2) is 14.6 Å². The van der Waals surface area contributed by atoms with Gasteiger partial charge in [0.25, 0.3) is 5.56 Å². The van der Waals surface area contributed by atoms with Crippen molar-refractivity contribution in [2.45, 2.75) is 44.6 Å². The van der Waals surface area contributed by atoms with E-state index in [1.807, 2.05) is 28.9 Å². The summed E-state index contributed by atoms with van der Waals surface area (Å²) in [4.78, 5) is 23.8. The third-order valence-electron chi connectivity index (χ3n) is 5.10. The summed E-state index contributed by atoms with van der Waals surface area (Å²) in [6.07, 6.45) is 9.23. The molecule has 4 rings (SSSR count). The number of aromatic amines is 1. The molecule has 2 heterocycles. The minimum absolute atomic E-state index is 0.196. The van der Waals surface area contributed by atoms with Crippen LogP contribution in [0.15, 0.2) is 41.6 Å². The zero-order valence-electron chi connectivity index (χ0n) is 15.4. The van der Waals surface area contributed by atoms with Crippen LogP contribution in [0, 0.1) is 0 Å². The summed E-state index contributed by atoms with van der Waals surface area (Å²) in [7, 11) is 1.66. The number of hydrogen-bond acceptors (Lipinski definition) is 5. The second kappa shape index (κ2) is 7.73. The highest BCUT2D eigenvalue weighted by Gasteiger charge is 2.23. The summed E-state index contributed by atoms with van der Waals surface area (Å²) in [5.74, 6) is 2.09. The van der Waals surface area contributed by atoms with Gasteiger partial charge in [-0.2, -0.15) is 5.10 Å². The zero-order chi connectivity index (χ0) is 18.6. The highest BCUT2D eigenvalue weighted by atomic mass is 16.5. The lowest BCUT2D eigenvalue weighted by Gasteiger charge is -2.22. The molecule has 0 unspecified atom stereocenters. The number of benzene rings is 1. The largest absolute Gasteiger partial charge is 0.496 e. The Morgan fingerprint density at radius 3 is 2.81 bits per heavy atom. The smallest absolute Gasteiger partial charge is 0.261 e. The molecule has 1 aromatic carbocycles. The third kappa shape index (κ3) is 3.63. The van der Waals surface area contributed by atoms with Crippen molar-refractivity contribution in [2.24, 2.45) is 0 Å². The Kier molecular flexibility index (Phi) is 5.00. The van der Waals surface area contributed by atoms with Gasteiger partial charge in [-0.3, -0.25) is 4.79 Å². The van der Waals surface area contributed by atoms with E-state index >= 15 is 0 Å². The molecular formula is C20H23N5O2. The van der Waals surface area contributed by atoms with Gasteiger partial charge in [0.2, 0.25) is 0 Å². The number of nitrogens with zero attached hydrogens (tertiary/aromatic N) is 4. The predicted octanol–water partition coefficient (Wildman–Crippen LogP) is 3.13. The van der Waals surface area contributed by atoms with Crippen LogP contribution in [0.5, 0.6) is 5.75 Å². The van der Waals surface area contributed by atoms with Gasteiger partial charge in [0.05, 0.1) is 19.5 Å². The van der Waals surface area contributed by atoms with E-state index in [1.165, 1.54) is 25.6 Å². The molecule has 0 aliphatic heterocycles. The summed E-state index contributed by atoms with van der Waals surface area (Å²) in [5, 5.41) is 4.79. The maximum atomic E-state index is 12.3. The molecule has 2 aromatic heterocycles. The van der Waals surface area contributed by atoms with Gasteiger partial charge in [-0.05, 0) is 18.9 Å². The van der Waals surface area contributed by atoms with Crippen LogP contribution in [0.4, 0.5) is 0 Å². The number of ether oxygens (including phenoxy) is 1. The van der Waals surface area contributed by atoms with Gasteiger partial charge < -0.3 is 9.72 Å². The number of para-hydroxylation sites is 1. The molecule has 3 aromatic rings. The molecule has 140 valence electrons. The van der Waals surface area contributed by atoms with Gasteiger partial charge in [0, 0.05) is 18.2 Å². The molecule has 7 nitrogen and oxygen atoms in total. The fraction of sp³-hybridized carbons (Fsp3) is 0.400. The summed E-state index contributed by atoms with van der Waals surface area (Å²) in [6.45, 7) is 0. The molecule has 0 saturated heterocycles. The summed E-state index contributed by atoms with van der Waals surface area (Å²) in [5.41, 5.74) is 1.28. The molecule has 0 amide bonds. The van der Waals surface area contributed by atoms with Crippen LogP contribution in [0.1, 0.15) is 49.5 Å². The molecular weight excluding hydrogens is 342 g/mol. The van der Waals surface area contributed by atoms with Gasteiger partial charge in [-0.15, -0.1) is 0 Å². The van der Waals surface area contributed by atoms with Gasteiger partial charge in [0.1, 0.15) is 11.3 Å². The van der Waals surface area contributed by atoms with Crippen molar-refractivity contribution in [3.63, 3.8) is 0 Å². The van der Waals surface area contributed by atoms with E-state index < -0.39 is 0 Å². The molecule has 0 radical (unpaired) electrons. The Morgan fingerprint density at radius 2 is 2.04 bits per heavy atom. The topological polar surface area (TPSA) is 85.7 Å². The lowest BCUT2D eigenvalue weighted by Crippen LogP contribution is -2.18. The number of methoxy groups -OCH3 is 1. The van der Waals surface area contributed by atoms with Crippen molar-refractivity contribution in [3.8, 4) is 17.1 Å². The maximum absolute atomic E-state index is 12.3. The monoisotopic (exact) mass is 365 g/mol. The minimum atomic E-state index is -0.196. The van der Waals surface area contributed by atoms with E-state index in [1.54, 1.807) is 13.3 Å². The average molecular weight is 365 g/mol.